The first-order valence-electron chi connectivity index (χ1n) is 3.13. The lowest BCUT2D eigenvalue weighted by Crippen LogP contribution is -1.70. The molecule has 0 aromatic heterocycles. The molecule has 0 bridgehead atoms. The quantitative estimate of drug-likeness (QED) is 0.529. The first kappa shape index (κ1) is 7.24. The van der Waals surface area contributed by atoms with Gasteiger partial charge >= 0.3 is 0 Å². The van der Waals surface area contributed by atoms with Crippen LogP contribution in [-0.2, 0) is 11.8 Å². The topological polar surface area (TPSA) is 0 Å². The van der Waals surface area contributed by atoms with Gasteiger partial charge in [0.05, 0.1) is 0 Å². The Morgan fingerprint density at radius 2 is 2.33 bits per heavy atom. The molecule has 0 nitrogen and oxygen atoms in total. The van der Waals surface area contributed by atoms with E-state index >= 15 is 0 Å². The maximum Gasteiger partial charge on any atom is -0.00324 e. The highest BCUT2D eigenvalue weighted by Gasteiger charge is 2.10. The van der Waals surface area contributed by atoms with E-state index in [1.54, 1.807) is 0 Å². The summed E-state index contributed by atoms with van der Waals surface area (Å²) in [6.07, 6.45) is 3.28. The van der Waals surface area contributed by atoms with Crippen LogP contribution in [0.1, 0.15) is 13.8 Å². The van der Waals surface area contributed by atoms with Crippen LogP contribution in [0.25, 0.3) is 0 Å². The van der Waals surface area contributed by atoms with Gasteiger partial charge in [-0.3, -0.25) is 0 Å². The highest BCUT2D eigenvalue weighted by molar-refractivity contribution is 8.17. The summed E-state index contributed by atoms with van der Waals surface area (Å²) in [7, 11) is 0. The van der Waals surface area contributed by atoms with E-state index < -0.39 is 6.04 Å². The van der Waals surface area contributed by atoms with Crippen molar-refractivity contribution in [1.29, 1.82) is 0 Å². The van der Waals surface area contributed by atoms with Crippen molar-refractivity contribution in [2.75, 3.05) is 6.16 Å². The van der Waals surface area contributed by atoms with Crippen LogP contribution in [0.5, 0.6) is 0 Å². The van der Waals surface area contributed by atoms with Crippen LogP contribution < -0.4 is 0 Å². The number of rotatable bonds is 1. The zero-order chi connectivity index (χ0) is 6.91. The molecule has 0 spiro atoms. The highest BCUT2D eigenvalue weighted by atomic mass is 32.4. The SMILES string of the molecule is CCP1(=S)C=CC(C)=C1. The summed E-state index contributed by atoms with van der Waals surface area (Å²) in [5.74, 6) is 4.46. The van der Waals surface area contributed by atoms with Gasteiger partial charge in [-0.15, -0.1) is 0 Å². The van der Waals surface area contributed by atoms with Crippen molar-refractivity contribution in [1.82, 2.24) is 0 Å². The van der Waals surface area contributed by atoms with Crippen molar-refractivity contribution in [2.45, 2.75) is 13.8 Å². The molecule has 0 N–H and O–H groups in total. The van der Waals surface area contributed by atoms with Gasteiger partial charge in [-0.1, -0.05) is 24.8 Å². The fourth-order valence-electron chi connectivity index (χ4n) is 0.871. The fourth-order valence-corrected chi connectivity index (χ4v) is 3.29. The van der Waals surface area contributed by atoms with E-state index in [9.17, 15) is 0 Å². The van der Waals surface area contributed by atoms with E-state index in [-0.39, 0.29) is 0 Å². The van der Waals surface area contributed by atoms with Crippen LogP contribution in [-0.4, -0.2) is 6.16 Å². The summed E-state index contributed by atoms with van der Waals surface area (Å²) in [4.78, 5) is 0. The van der Waals surface area contributed by atoms with Crippen LogP contribution in [0.15, 0.2) is 23.3 Å². The van der Waals surface area contributed by atoms with Crippen LogP contribution in [0, 0.1) is 0 Å². The van der Waals surface area contributed by atoms with Gasteiger partial charge < -0.3 is 0 Å². The molecular weight excluding hydrogens is 147 g/mol. The monoisotopic (exact) mass is 158 g/mol. The lowest BCUT2D eigenvalue weighted by molar-refractivity contribution is 1.51. The first-order chi connectivity index (χ1) is 4.16. The second kappa shape index (κ2) is 2.40. The van der Waals surface area contributed by atoms with Crippen molar-refractivity contribution in [3.8, 4) is 0 Å². The van der Waals surface area contributed by atoms with Gasteiger partial charge in [-0.05, 0) is 36.3 Å². The Hall–Kier alpha value is 0.130. The average Bonchev–Trinajstić information content (AvgIpc) is 2.13. The molecule has 0 aromatic carbocycles. The van der Waals surface area contributed by atoms with Crippen molar-refractivity contribution in [3.05, 3.63) is 23.3 Å². The number of hydrogen-bond donors (Lipinski definition) is 0. The minimum Gasteiger partial charge on any atom is -0.0888 e. The first-order valence-corrected chi connectivity index (χ1v) is 6.26. The Morgan fingerprint density at radius 3 is 2.56 bits per heavy atom. The smallest absolute Gasteiger partial charge is 0.00324 e. The van der Waals surface area contributed by atoms with Gasteiger partial charge in [-0.25, -0.2) is 0 Å². The maximum absolute atomic E-state index is 5.39. The van der Waals surface area contributed by atoms with Gasteiger partial charge in [0, 0.05) is 0 Å². The zero-order valence-electron chi connectivity index (χ0n) is 5.79. The second-order valence-corrected chi connectivity index (χ2v) is 7.30. The van der Waals surface area contributed by atoms with Crippen LogP contribution in [0.4, 0.5) is 0 Å². The molecule has 2 heteroatoms. The van der Waals surface area contributed by atoms with Crippen LogP contribution >= 0.6 is 6.04 Å². The zero-order valence-corrected chi connectivity index (χ0v) is 7.51. The van der Waals surface area contributed by atoms with E-state index in [0.717, 1.165) is 6.16 Å². The van der Waals surface area contributed by atoms with E-state index in [2.05, 4.69) is 31.6 Å². The Bertz CT molecular complexity index is 213. The molecule has 0 saturated carbocycles. The molecule has 1 aliphatic rings. The highest BCUT2D eigenvalue weighted by Crippen LogP contribution is 2.53. The van der Waals surface area contributed by atoms with Gasteiger partial charge in [-0.2, -0.15) is 0 Å². The molecule has 50 valence electrons. The Morgan fingerprint density at radius 1 is 1.67 bits per heavy atom. The average molecular weight is 158 g/mol. The van der Waals surface area contributed by atoms with Crippen molar-refractivity contribution >= 4 is 17.8 Å². The lowest BCUT2D eigenvalue weighted by Gasteiger charge is -2.03. The van der Waals surface area contributed by atoms with Crippen molar-refractivity contribution < 1.29 is 0 Å². The molecule has 0 amide bonds. The molecule has 0 radical (unpaired) electrons. The van der Waals surface area contributed by atoms with Crippen LogP contribution in [0.2, 0.25) is 0 Å². The molecule has 1 heterocycles. The van der Waals surface area contributed by atoms with Crippen molar-refractivity contribution in [2.24, 2.45) is 0 Å². The summed E-state index contributed by atoms with van der Waals surface area (Å²) >= 11 is 5.39. The largest absolute Gasteiger partial charge is 0.0888 e. The predicted molar refractivity (Wildman–Crippen MR) is 47.7 cm³/mol. The van der Waals surface area contributed by atoms with Crippen LogP contribution in [0.3, 0.4) is 0 Å². The normalized spacial score (nSPS) is 32.9. The second-order valence-electron chi connectivity index (χ2n) is 2.36. The van der Waals surface area contributed by atoms with Gasteiger partial charge in [0.1, 0.15) is 0 Å². The summed E-state index contributed by atoms with van der Waals surface area (Å²) in [5.41, 5.74) is 1.35. The van der Waals surface area contributed by atoms with Crippen molar-refractivity contribution in [3.63, 3.8) is 0 Å². The van der Waals surface area contributed by atoms with E-state index in [1.807, 2.05) is 0 Å². The van der Waals surface area contributed by atoms with E-state index in [1.165, 1.54) is 5.57 Å². The lowest BCUT2D eigenvalue weighted by atomic mass is 10.4. The molecule has 1 aliphatic heterocycles. The third-order valence-corrected chi connectivity index (χ3v) is 5.45. The molecule has 9 heavy (non-hydrogen) atoms. The molecule has 0 saturated heterocycles. The summed E-state index contributed by atoms with van der Waals surface area (Å²) in [5, 5.41) is 0. The Labute approximate surface area is 61.7 Å². The number of allylic oxidation sites excluding steroid dienone is 2. The molecule has 0 aliphatic carbocycles. The van der Waals surface area contributed by atoms with Gasteiger partial charge in [0.15, 0.2) is 0 Å². The standard InChI is InChI=1S/C7H11PS/c1-3-8(9)5-4-7(2)6-8/h4-6H,3H2,1-2H3. The van der Waals surface area contributed by atoms with E-state index in [0.29, 0.717) is 0 Å². The third kappa shape index (κ3) is 1.53. The minimum atomic E-state index is -1.12. The Kier molecular flexibility index (Phi) is 1.93. The number of hydrogen-bond acceptors (Lipinski definition) is 1. The van der Waals surface area contributed by atoms with E-state index in [4.69, 9.17) is 11.8 Å². The molecule has 0 fully saturated rings. The molecular formula is C7H11PS. The third-order valence-electron chi connectivity index (χ3n) is 1.51. The predicted octanol–water partition coefficient (Wildman–Crippen LogP) is 2.92. The minimum absolute atomic E-state index is 1.12. The fraction of sp³-hybridized carbons (Fsp3) is 0.429. The Balaban J connectivity index is 2.92. The molecule has 1 atom stereocenters. The molecule has 1 rings (SSSR count). The summed E-state index contributed by atoms with van der Waals surface area (Å²) in [6.45, 7) is 4.28. The summed E-state index contributed by atoms with van der Waals surface area (Å²) in [6, 6.07) is -1.12. The maximum atomic E-state index is 5.39. The molecule has 0 aromatic rings. The summed E-state index contributed by atoms with van der Waals surface area (Å²) < 4.78 is 0. The van der Waals surface area contributed by atoms with Gasteiger partial charge in [0.2, 0.25) is 0 Å². The van der Waals surface area contributed by atoms with Gasteiger partial charge in [0.25, 0.3) is 0 Å². The molecule has 1 unspecified atom stereocenters.